The van der Waals surface area contributed by atoms with Crippen molar-refractivity contribution >= 4 is 18.0 Å². The number of rotatable bonds is 7. The molecular weight excluding hydrogens is 446 g/mol. The minimum absolute atomic E-state index is 0.0440. The van der Waals surface area contributed by atoms with E-state index in [1.165, 1.54) is 12.8 Å². The molecule has 0 radical (unpaired) electrons. The average molecular weight is 478 g/mol. The van der Waals surface area contributed by atoms with E-state index >= 15 is 0 Å². The summed E-state index contributed by atoms with van der Waals surface area (Å²) in [4.78, 5) is 41.5. The van der Waals surface area contributed by atoms with E-state index in [-0.39, 0.29) is 24.5 Å². The molecular formula is C27H31N3O5. The fourth-order valence-electron chi connectivity index (χ4n) is 5.44. The Labute approximate surface area is 204 Å². The van der Waals surface area contributed by atoms with Crippen molar-refractivity contribution in [3.05, 3.63) is 59.7 Å². The number of carbonyl (C=O) groups is 3. The number of nitrogens with one attached hydrogen (secondary N) is 1. The Bertz CT molecular complexity index is 1090. The maximum Gasteiger partial charge on any atom is 0.407 e. The number of carbonyl (C=O) groups excluding carboxylic acids is 2. The highest BCUT2D eigenvalue weighted by atomic mass is 16.5. The second-order valence-electron chi connectivity index (χ2n) is 9.73. The van der Waals surface area contributed by atoms with Gasteiger partial charge in [0.25, 0.3) is 0 Å². The molecule has 2 atom stereocenters. The van der Waals surface area contributed by atoms with Gasteiger partial charge in [-0.15, -0.1) is 0 Å². The Hall–Kier alpha value is -3.39. The van der Waals surface area contributed by atoms with E-state index in [1.54, 1.807) is 4.90 Å². The van der Waals surface area contributed by atoms with Crippen molar-refractivity contribution in [2.24, 2.45) is 0 Å². The number of benzene rings is 2. The van der Waals surface area contributed by atoms with E-state index in [4.69, 9.17) is 4.74 Å². The standard InChI is InChI=1S/C27H31N3O5/c1-17-15-29(18-10-11-18)12-13-30(17)26(33)24(14-25(31)32)28-27(34)35-16-23-21-8-4-2-6-19(21)20-7-3-5-9-22(20)23/h2-9,17-18,23-24H,10-16H2,1H3,(H,28,34)(H,31,32). The lowest BCUT2D eigenvalue weighted by molar-refractivity contribution is -0.144. The Morgan fingerprint density at radius 3 is 2.23 bits per heavy atom. The van der Waals surface area contributed by atoms with Gasteiger partial charge in [-0.2, -0.15) is 0 Å². The lowest BCUT2D eigenvalue weighted by atomic mass is 9.98. The molecule has 1 saturated carbocycles. The minimum Gasteiger partial charge on any atom is -0.481 e. The summed E-state index contributed by atoms with van der Waals surface area (Å²) in [5.74, 6) is -1.63. The Morgan fingerprint density at radius 2 is 1.66 bits per heavy atom. The van der Waals surface area contributed by atoms with Crippen LogP contribution in [0, 0.1) is 0 Å². The molecule has 2 unspecified atom stereocenters. The van der Waals surface area contributed by atoms with Crippen LogP contribution in [0.1, 0.15) is 43.2 Å². The maximum atomic E-state index is 13.2. The Balaban J connectivity index is 1.23. The molecule has 2 aliphatic carbocycles. The summed E-state index contributed by atoms with van der Waals surface area (Å²) in [5.41, 5.74) is 4.41. The molecule has 2 aromatic carbocycles. The second kappa shape index (κ2) is 9.70. The summed E-state index contributed by atoms with van der Waals surface area (Å²) in [5, 5.41) is 11.9. The Kier molecular flexibility index (Phi) is 6.47. The van der Waals surface area contributed by atoms with Crippen LogP contribution in [-0.2, 0) is 14.3 Å². The lowest BCUT2D eigenvalue weighted by Crippen LogP contribution is -2.59. The van der Waals surface area contributed by atoms with E-state index in [0.29, 0.717) is 12.6 Å². The van der Waals surface area contributed by atoms with E-state index in [2.05, 4.69) is 22.3 Å². The van der Waals surface area contributed by atoms with Gasteiger partial charge < -0.3 is 20.1 Å². The van der Waals surface area contributed by atoms with Gasteiger partial charge in [-0.3, -0.25) is 14.5 Å². The number of alkyl carbamates (subject to hydrolysis) is 1. The molecule has 2 aromatic rings. The predicted octanol–water partition coefficient (Wildman–Crippen LogP) is 3.06. The third kappa shape index (κ3) is 4.89. The molecule has 2 amide bonds. The van der Waals surface area contributed by atoms with E-state index in [1.807, 2.05) is 43.3 Å². The summed E-state index contributed by atoms with van der Waals surface area (Å²) < 4.78 is 5.55. The molecule has 8 nitrogen and oxygen atoms in total. The van der Waals surface area contributed by atoms with Crippen LogP contribution < -0.4 is 5.32 Å². The number of amides is 2. The number of hydrogen-bond acceptors (Lipinski definition) is 5. The fraction of sp³-hybridized carbons (Fsp3) is 0.444. The van der Waals surface area contributed by atoms with Crippen molar-refractivity contribution in [2.45, 2.75) is 50.2 Å². The second-order valence-corrected chi connectivity index (χ2v) is 9.73. The molecule has 0 bridgehead atoms. The van der Waals surface area contributed by atoms with Gasteiger partial charge in [0.15, 0.2) is 0 Å². The van der Waals surface area contributed by atoms with Crippen LogP contribution >= 0.6 is 0 Å². The smallest absolute Gasteiger partial charge is 0.407 e. The van der Waals surface area contributed by atoms with Gasteiger partial charge in [-0.1, -0.05) is 48.5 Å². The number of aliphatic carboxylic acids is 1. The van der Waals surface area contributed by atoms with Gasteiger partial charge in [-0.25, -0.2) is 4.79 Å². The van der Waals surface area contributed by atoms with Crippen LogP contribution in [0.4, 0.5) is 4.79 Å². The fourth-order valence-corrected chi connectivity index (χ4v) is 5.44. The monoisotopic (exact) mass is 477 g/mol. The SMILES string of the molecule is CC1CN(C2CC2)CCN1C(=O)C(CC(=O)O)NC(=O)OCC1c2ccccc2-c2ccccc21. The zero-order valence-corrected chi connectivity index (χ0v) is 19.9. The first-order chi connectivity index (χ1) is 16.9. The highest BCUT2D eigenvalue weighted by molar-refractivity contribution is 5.89. The summed E-state index contributed by atoms with van der Waals surface area (Å²) in [6, 6.07) is 15.5. The van der Waals surface area contributed by atoms with Crippen LogP contribution in [0.25, 0.3) is 11.1 Å². The molecule has 0 aromatic heterocycles. The van der Waals surface area contributed by atoms with E-state index in [9.17, 15) is 19.5 Å². The molecule has 5 rings (SSSR count). The third-order valence-corrected chi connectivity index (χ3v) is 7.32. The van der Waals surface area contributed by atoms with Crippen molar-refractivity contribution < 1.29 is 24.2 Å². The average Bonchev–Trinajstić information content (AvgIpc) is 3.65. The molecule has 2 N–H and O–H groups in total. The molecule has 184 valence electrons. The molecule has 2 fully saturated rings. The molecule has 1 heterocycles. The van der Waals surface area contributed by atoms with Crippen molar-refractivity contribution in [1.29, 1.82) is 0 Å². The van der Waals surface area contributed by atoms with Crippen LogP contribution in [0.15, 0.2) is 48.5 Å². The predicted molar refractivity (Wildman–Crippen MR) is 130 cm³/mol. The molecule has 1 aliphatic heterocycles. The van der Waals surface area contributed by atoms with Crippen LogP contribution in [0.3, 0.4) is 0 Å². The number of nitrogens with zero attached hydrogens (tertiary/aromatic N) is 2. The maximum absolute atomic E-state index is 13.2. The summed E-state index contributed by atoms with van der Waals surface area (Å²) in [7, 11) is 0. The van der Waals surface area contributed by atoms with Crippen molar-refractivity contribution in [1.82, 2.24) is 15.1 Å². The number of fused-ring (bicyclic) bond motifs is 3. The minimum atomic E-state index is -1.17. The number of carboxylic acids is 1. The molecule has 1 saturated heterocycles. The molecule has 3 aliphatic rings. The third-order valence-electron chi connectivity index (χ3n) is 7.32. The van der Waals surface area contributed by atoms with Gasteiger partial charge in [0.05, 0.1) is 6.42 Å². The molecule has 35 heavy (non-hydrogen) atoms. The largest absolute Gasteiger partial charge is 0.481 e. The molecule has 0 spiro atoms. The number of hydrogen-bond donors (Lipinski definition) is 2. The van der Waals surface area contributed by atoms with Gasteiger partial charge in [-0.05, 0) is 42.0 Å². The van der Waals surface area contributed by atoms with Crippen LogP contribution in [0.5, 0.6) is 0 Å². The number of ether oxygens (including phenoxy) is 1. The van der Waals surface area contributed by atoms with Crippen molar-refractivity contribution in [3.8, 4) is 11.1 Å². The van der Waals surface area contributed by atoms with Gasteiger partial charge in [0.2, 0.25) is 5.91 Å². The topological polar surface area (TPSA) is 99.2 Å². The van der Waals surface area contributed by atoms with Gasteiger partial charge >= 0.3 is 12.1 Å². The first kappa shape index (κ1) is 23.4. The summed E-state index contributed by atoms with van der Waals surface area (Å²) in [6.45, 7) is 4.13. The number of piperazine rings is 1. The van der Waals surface area contributed by atoms with Gasteiger partial charge in [0, 0.05) is 37.6 Å². The van der Waals surface area contributed by atoms with Gasteiger partial charge in [0.1, 0.15) is 12.6 Å². The highest BCUT2D eigenvalue weighted by Gasteiger charge is 2.38. The van der Waals surface area contributed by atoms with Crippen LogP contribution in [-0.4, -0.2) is 77.2 Å². The summed E-state index contributed by atoms with van der Waals surface area (Å²) in [6.07, 6.45) is 1.13. The normalized spacial score (nSPS) is 20.6. The first-order valence-electron chi connectivity index (χ1n) is 12.3. The lowest BCUT2D eigenvalue weighted by Gasteiger charge is -2.41. The van der Waals surface area contributed by atoms with Crippen molar-refractivity contribution in [3.63, 3.8) is 0 Å². The van der Waals surface area contributed by atoms with E-state index < -0.39 is 24.5 Å². The van der Waals surface area contributed by atoms with Crippen molar-refractivity contribution in [2.75, 3.05) is 26.2 Å². The zero-order valence-electron chi connectivity index (χ0n) is 19.9. The van der Waals surface area contributed by atoms with E-state index in [0.717, 1.165) is 35.3 Å². The molecule has 8 heteroatoms. The number of carboxylic acid groups (broad SMARTS) is 1. The summed E-state index contributed by atoms with van der Waals surface area (Å²) >= 11 is 0. The zero-order chi connectivity index (χ0) is 24.5. The quantitative estimate of drug-likeness (QED) is 0.636. The van der Waals surface area contributed by atoms with Crippen LogP contribution in [0.2, 0.25) is 0 Å². The first-order valence-corrected chi connectivity index (χ1v) is 12.3. The Morgan fingerprint density at radius 1 is 1.03 bits per heavy atom. The highest BCUT2D eigenvalue weighted by Crippen LogP contribution is 2.44.